The second-order valence-corrected chi connectivity index (χ2v) is 7.97. The molecule has 0 spiro atoms. The highest BCUT2D eigenvalue weighted by molar-refractivity contribution is 5.68. The number of nitriles is 1. The van der Waals surface area contributed by atoms with E-state index in [2.05, 4.69) is 27.6 Å². The lowest BCUT2D eigenvalue weighted by Crippen LogP contribution is -2.22. The maximum Gasteiger partial charge on any atom is 0.304 e. The predicted octanol–water partition coefficient (Wildman–Crippen LogP) is 5.14. The second kappa shape index (κ2) is 11.4. The Morgan fingerprint density at radius 1 is 1.32 bits per heavy atom. The van der Waals surface area contributed by atoms with Gasteiger partial charge in [-0.2, -0.15) is 10.2 Å². The summed E-state index contributed by atoms with van der Waals surface area (Å²) in [6.45, 7) is 8.24. The van der Waals surface area contributed by atoms with Crippen LogP contribution in [0.2, 0.25) is 0 Å². The molecule has 2 N–H and O–H groups in total. The topological polar surface area (TPSA) is 121 Å². The standard InChI is InChI=1S/C24H24N4O4.C2H6/c1-14(2)31-21-9-6-15(12-16(21)13-25)24-27-23(28-32-24)19-5-3-4-18-17(19)7-8-20(18)26-11-10-22(29)30;1-2/h3-6,9,12,14,20,26H,7-8,10-11H2,1-2H3,(H,29,30);1-2H3. The van der Waals surface area contributed by atoms with Crippen LogP contribution in [0.4, 0.5) is 0 Å². The van der Waals surface area contributed by atoms with Crippen LogP contribution in [0.1, 0.15) is 63.3 Å². The molecule has 0 saturated carbocycles. The second-order valence-electron chi connectivity index (χ2n) is 7.97. The van der Waals surface area contributed by atoms with Crippen LogP contribution in [0.25, 0.3) is 22.8 Å². The van der Waals surface area contributed by atoms with Gasteiger partial charge in [0.1, 0.15) is 11.8 Å². The number of carboxylic acids is 1. The molecule has 1 atom stereocenters. The molecule has 1 aliphatic rings. The van der Waals surface area contributed by atoms with Gasteiger partial charge in [0.2, 0.25) is 5.82 Å². The molecule has 1 heterocycles. The molecule has 0 radical (unpaired) electrons. The Morgan fingerprint density at radius 2 is 2.12 bits per heavy atom. The SMILES string of the molecule is CC.CC(C)Oc1ccc(-c2nc(-c3cccc4c3CCC4NCCC(=O)O)no2)cc1C#N. The molecule has 0 bridgehead atoms. The highest BCUT2D eigenvalue weighted by atomic mass is 16.5. The molecule has 0 aliphatic heterocycles. The smallest absolute Gasteiger partial charge is 0.304 e. The number of nitrogens with zero attached hydrogens (tertiary/aromatic N) is 3. The number of hydrogen-bond acceptors (Lipinski definition) is 7. The average Bonchev–Trinajstić information content (AvgIpc) is 3.48. The molecular formula is C26H30N4O4. The fourth-order valence-corrected chi connectivity index (χ4v) is 3.99. The van der Waals surface area contributed by atoms with Gasteiger partial charge < -0.3 is 19.7 Å². The zero-order chi connectivity index (χ0) is 24.7. The van der Waals surface area contributed by atoms with E-state index in [4.69, 9.17) is 14.4 Å². The van der Waals surface area contributed by atoms with Gasteiger partial charge >= 0.3 is 5.97 Å². The number of benzene rings is 2. The molecule has 3 aromatic rings. The summed E-state index contributed by atoms with van der Waals surface area (Å²) in [5.74, 6) is 0.531. The third kappa shape index (κ3) is 5.61. The van der Waals surface area contributed by atoms with Crippen LogP contribution >= 0.6 is 0 Å². The molecule has 0 saturated heterocycles. The minimum absolute atomic E-state index is 0.0365. The number of rotatable bonds is 8. The average molecular weight is 463 g/mol. The fraction of sp³-hybridized carbons (Fsp3) is 0.385. The maximum atomic E-state index is 10.8. The van der Waals surface area contributed by atoms with Gasteiger partial charge in [0, 0.05) is 23.7 Å². The molecule has 4 rings (SSSR count). The first-order valence-corrected chi connectivity index (χ1v) is 11.6. The lowest BCUT2D eigenvalue weighted by Gasteiger charge is -2.13. The minimum atomic E-state index is -0.813. The number of ether oxygens (including phenoxy) is 1. The Balaban J connectivity index is 0.00000158. The van der Waals surface area contributed by atoms with Crippen LogP contribution in [-0.2, 0) is 11.2 Å². The number of nitrogens with one attached hydrogen (secondary N) is 1. The summed E-state index contributed by atoms with van der Waals surface area (Å²) in [6.07, 6.45) is 1.79. The van der Waals surface area contributed by atoms with Gasteiger partial charge in [0.15, 0.2) is 0 Å². The van der Waals surface area contributed by atoms with Crippen molar-refractivity contribution < 1.29 is 19.2 Å². The summed E-state index contributed by atoms with van der Waals surface area (Å²) in [6, 6.07) is 13.5. The zero-order valence-corrected chi connectivity index (χ0v) is 20.0. The van der Waals surface area contributed by atoms with E-state index in [-0.39, 0.29) is 18.6 Å². The van der Waals surface area contributed by atoms with E-state index in [0.717, 1.165) is 29.5 Å². The molecule has 0 amide bonds. The summed E-state index contributed by atoms with van der Waals surface area (Å²) >= 11 is 0. The van der Waals surface area contributed by atoms with Gasteiger partial charge in [0.25, 0.3) is 5.89 Å². The molecule has 34 heavy (non-hydrogen) atoms. The molecule has 0 fully saturated rings. The zero-order valence-electron chi connectivity index (χ0n) is 20.0. The maximum absolute atomic E-state index is 10.8. The monoisotopic (exact) mass is 462 g/mol. The van der Waals surface area contributed by atoms with E-state index in [0.29, 0.717) is 35.1 Å². The number of aliphatic carboxylic acids is 1. The minimum Gasteiger partial charge on any atom is -0.490 e. The molecule has 1 aromatic heterocycles. The van der Waals surface area contributed by atoms with Gasteiger partial charge in [-0.15, -0.1) is 0 Å². The van der Waals surface area contributed by atoms with Crippen LogP contribution in [-0.4, -0.2) is 33.9 Å². The van der Waals surface area contributed by atoms with E-state index in [1.54, 1.807) is 18.2 Å². The molecular weight excluding hydrogens is 432 g/mol. The van der Waals surface area contributed by atoms with Crippen molar-refractivity contribution in [3.05, 3.63) is 53.1 Å². The molecule has 8 nitrogen and oxygen atoms in total. The summed E-state index contributed by atoms with van der Waals surface area (Å²) in [4.78, 5) is 15.4. The highest BCUT2D eigenvalue weighted by Gasteiger charge is 2.26. The largest absolute Gasteiger partial charge is 0.490 e. The number of carbonyl (C=O) groups is 1. The third-order valence-electron chi connectivity index (χ3n) is 5.38. The summed E-state index contributed by atoms with van der Waals surface area (Å²) in [5.41, 5.74) is 4.25. The number of hydrogen-bond donors (Lipinski definition) is 2. The van der Waals surface area contributed by atoms with Crippen molar-refractivity contribution in [2.45, 2.75) is 59.1 Å². The van der Waals surface area contributed by atoms with Crippen molar-refractivity contribution in [1.82, 2.24) is 15.5 Å². The lowest BCUT2D eigenvalue weighted by molar-refractivity contribution is -0.136. The Morgan fingerprint density at radius 3 is 2.82 bits per heavy atom. The van der Waals surface area contributed by atoms with Crippen molar-refractivity contribution in [3.63, 3.8) is 0 Å². The summed E-state index contributed by atoms with van der Waals surface area (Å²) in [7, 11) is 0. The van der Waals surface area contributed by atoms with Crippen LogP contribution in [0.3, 0.4) is 0 Å². The van der Waals surface area contributed by atoms with E-state index in [1.807, 2.05) is 39.8 Å². The van der Waals surface area contributed by atoms with Gasteiger partial charge in [-0.05, 0) is 56.0 Å². The van der Waals surface area contributed by atoms with Crippen molar-refractivity contribution in [2.24, 2.45) is 0 Å². The van der Waals surface area contributed by atoms with E-state index in [9.17, 15) is 10.1 Å². The van der Waals surface area contributed by atoms with Crippen molar-refractivity contribution >= 4 is 5.97 Å². The van der Waals surface area contributed by atoms with Gasteiger partial charge in [-0.25, -0.2) is 0 Å². The summed E-state index contributed by atoms with van der Waals surface area (Å²) < 4.78 is 11.2. The first-order valence-electron chi connectivity index (χ1n) is 11.6. The van der Waals surface area contributed by atoms with Crippen LogP contribution in [0, 0.1) is 11.3 Å². The Kier molecular flexibility index (Phi) is 8.39. The number of fused-ring (bicyclic) bond motifs is 1. The molecule has 178 valence electrons. The van der Waals surface area contributed by atoms with Crippen LogP contribution in [0.15, 0.2) is 40.9 Å². The quantitative estimate of drug-likeness (QED) is 0.472. The molecule has 8 heteroatoms. The Bertz CT molecular complexity index is 1180. The fourth-order valence-electron chi connectivity index (χ4n) is 3.99. The van der Waals surface area contributed by atoms with Gasteiger partial charge in [-0.1, -0.05) is 37.2 Å². The first kappa shape index (κ1) is 24.9. The van der Waals surface area contributed by atoms with Crippen LogP contribution < -0.4 is 10.1 Å². The van der Waals surface area contributed by atoms with E-state index < -0.39 is 5.97 Å². The number of aromatic nitrogens is 2. The first-order chi connectivity index (χ1) is 16.5. The van der Waals surface area contributed by atoms with E-state index >= 15 is 0 Å². The Labute approximate surface area is 199 Å². The van der Waals surface area contributed by atoms with Crippen molar-refractivity contribution in [3.8, 4) is 34.7 Å². The molecule has 2 aromatic carbocycles. The molecule has 1 aliphatic carbocycles. The third-order valence-corrected chi connectivity index (χ3v) is 5.38. The normalized spacial score (nSPS) is 14.2. The highest BCUT2D eigenvalue weighted by Crippen LogP contribution is 2.37. The van der Waals surface area contributed by atoms with Gasteiger partial charge in [0.05, 0.1) is 18.1 Å². The Hall–Kier alpha value is -3.70. The van der Waals surface area contributed by atoms with E-state index in [1.165, 1.54) is 0 Å². The number of carboxylic acid groups (broad SMARTS) is 1. The predicted molar refractivity (Wildman–Crippen MR) is 128 cm³/mol. The summed E-state index contributed by atoms with van der Waals surface area (Å²) in [5, 5.41) is 25.8. The molecule has 1 unspecified atom stereocenters. The van der Waals surface area contributed by atoms with Gasteiger partial charge in [-0.3, -0.25) is 4.79 Å². The lowest BCUT2D eigenvalue weighted by atomic mass is 10.0. The van der Waals surface area contributed by atoms with Crippen LogP contribution in [0.5, 0.6) is 5.75 Å². The van der Waals surface area contributed by atoms with Crippen molar-refractivity contribution in [2.75, 3.05) is 6.54 Å². The van der Waals surface area contributed by atoms with Crippen molar-refractivity contribution in [1.29, 1.82) is 5.26 Å².